The topological polar surface area (TPSA) is 22.0 Å². The molecule has 0 saturated heterocycles. The summed E-state index contributed by atoms with van der Waals surface area (Å²) < 4.78 is 2.32. The van der Waals surface area contributed by atoms with Crippen molar-refractivity contribution < 1.29 is 4.79 Å². The van der Waals surface area contributed by atoms with Gasteiger partial charge in [0.25, 0.3) is 0 Å². The molecule has 1 aromatic carbocycles. The second-order valence-electron chi connectivity index (χ2n) is 5.28. The number of carbonyl (C=O) groups excluding carboxylic acids is 1. The Morgan fingerprint density at radius 3 is 3.11 bits per heavy atom. The molecule has 0 bridgehead atoms. The highest BCUT2D eigenvalue weighted by atomic mass is 32.2. The highest BCUT2D eigenvalue weighted by Gasteiger charge is 2.31. The summed E-state index contributed by atoms with van der Waals surface area (Å²) in [5, 5.41) is 1.59. The molecule has 2 aromatic rings. The van der Waals surface area contributed by atoms with E-state index in [1.54, 1.807) is 0 Å². The SMILES string of the molecule is CC1CCc2cccc3c4c(n1c23)C(=O)SCC4. The molecule has 1 atom stereocenters. The quantitative estimate of drug-likeness (QED) is 0.719. The first kappa shape index (κ1) is 10.7. The van der Waals surface area contributed by atoms with Crippen molar-refractivity contribution in [1.29, 1.82) is 0 Å². The van der Waals surface area contributed by atoms with Crippen LogP contribution in [0.25, 0.3) is 10.9 Å². The van der Waals surface area contributed by atoms with Crippen molar-refractivity contribution in [2.45, 2.75) is 32.2 Å². The minimum atomic E-state index is 0.271. The number of para-hydroxylation sites is 1. The largest absolute Gasteiger partial charge is 0.334 e. The summed E-state index contributed by atoms with van der Waals surface area (Å²) in [5.74, 6) is 0.934. The summed E-state index contributed by atoms with van der Waals surface area (Å²) in [6.45, 7) is 2.24. The highest BCUT2D eigenvalue weighted by Crippen LogP contribution is 2.40. The van der Waals surface area contributed by atoms with Crippen LogP contribution in [0.2, 0.25) is 0 Å². The van der Waals surface area contributed by atoms with Gasteiger partial charge in [-0.25, -0.2) is 0 Å². The first-order valence-corrected chi connectivity index (χ1v) is 7.57. The van der Waals surface area contributed by atoms with Crippen molar-refractivity contribution in [3.63, 3.8) is 0 Å². The summed E-state index contributed by atoms with van der Waals surface area (Å²) in [5.41, 5.74) is 5.03. The van der Waals surface area contributed by atoms with Gasteiger partial charge >= 0.3 is 0 Å². The molecule has 0 saturated carbocycles. The van der Waals surface area contributed by atoms with E-state index < -0.39 is 0 Å². The van der Waals surface area contributed by atoms with Crippen LogP contribution in [0.3, 0.4) is 0 Å². The Kier molecular flexibility index (Phi) is 2.16. The normalized spacial score (nSPS) is 22.3. The lowest BCUT2D eigenvalue weighted by Gasteiger charge is -2.25. The van der Waals surface area contributed by atoms with Crippen LogP contribution in [0, 0.1) is 0 Å². The van der Waals surface area contributed by atoms with Gasteiger partial charge in [0.05, 0.1) is 5.52 Å². The fourth-order valence-electron chi connectivity index (χ4n) is 3.43. The van der Waals surface area contributed by atoms with E-state index >= 15 is 0 Å². The van der Waals surface area contributed by atoms with Gasteiger partial charge in [0.2, 0.25) is 5.12 Å². The third-order valence-corrected chi connectivity index (χ3v) is 5.13. The molecule has 2 aliphatic heterocycles. The minimum Gasteiger partial charge on any atom is -0.334 e. The molecule has 3 heteroatoms. The van der Waals surface area contributed by atoms with Crippen LogP contribution in [0.1, 0.15) is 41.0 Å². The van der Waals surface area contributed by atoms with Crippen LogP contribution in [-0.4, -0.2) is 15.4 Å². The fourth-order valence-corrected chi connectivity index (χ4v) is 4.28. The molecule has 0 fully saturated rings. The van der Waals surface area contributed by atoms with Gasteiger partial charge < -0.3 is 4.57 Å². The monoisotopic (exact) mass is 257 g/mol. The summed E-state index contributed by atoms with van der Waals surface area (Å²) in [6, 6.07) is 7.00. The molecule has 2 nitrogen and oxygen atoms in total. The Labute approximate surface area is 110 Å². The van der Waals surface area contributed by atoms with Gasteiger partial charge in [-0.2, -0.15) is 0 Å². The van der Waals surface area contributed by atoms with E-state index in [-0.39, 0.29) is 5.12 Å². The molecule has 3 heterocycles. The smallest absolute Gasteiger partial charge is 0.236 e. The molecule has 0 radical (unpaired) electrons. The number of carbonyl (C=O) groups is 1. The van der Waals surface area contributed by atoms with E-state index in [9.17, 15) is 4.79 Å². The van der Waals surface area contributed by atoms with E-state index in [0.717, 1.165) is 30.7 Å². The van der Waals surface area contributed by atoms with Crippen molar-refractivity contribution in [1.82, 2.24) is 4.57 Å². The number of aryl methyl sites for hydroxylation is 2. The molecule has 1 aromatic heterocycles. The average molecular weight is 257 g/mol. The number of benzene rings is 1. The van der Waals surface area contributed by atoms with Gasteiger partial charge in [-0.15, -0.1) is 0 Å². The fraction of sp³-hybridized carbons (Fsp3) is 0.400. The Bertz CT molecular complexity index is 671. The summed E-state index contributed by atoms with van der Waals surface area (Å²) in [6.07, 6.45) is 3.32. The zero-order valence-corrected chi connectivity index (χ0v) is 11.2. The molecule has 0 aliphatic carbocycles. The number of fused-ring (bicyclic) bond motifs is 3. The predicted molar refractivity (Wildman–Crippen MR) is 75.5 cm³/mol. The Hall–Kier alpha value is -1.22. The van der Waals surface area contributed by atoms with Gasteiger partial charge in [0.15, 0.2) is 0 Å². The maximum absolute atomic E-state index is 12.3. The number of aromatic nitrogens is 1. The van der Waals surface area contributed by atoms with Crippen LogP contribution in [0.5, 0.6) is 0 Å². The van der Waals surface area contributed by atoms with Crippen molar-refractivity contribution in [2.75, 3.05) is 5.75 Å². The molecule has 1 unspecified atom stereocenters. The van der Waals surface area contributed by atoms with Crippen LogP contribution < -0.4 is 0 Å². The zero-order valence-electron chi connectivity index (χ0n) is 10.4. The highest BCUT2D eigenvalue weighted by molar-refractivity contribution is 8.14. The Morgan fingerprint density at radius 2 is 2.22 bits per heavy atom. The Balaban J connectivity index is 2.19. The third-order valence-electron chi connectivity index (χ3n) is 4.26. The van der Waals surface area contributed by atoms with Crippen LogP contribution >= 0.6 is 11.8 Å². The first-order chi connectivity index (χ1) is 8.77. The van der Waals surface area contributed by atoms with Gasteiger partial charge in [0, 0.05) is 17.2 Å². The van der Waals surface area contributed by atoms with Crippen molar-refractivity contribution in [3.8, 4) is 0 Å². The molecule has 0 amide bonds. The molecule has 0 spiro atoms. The van der Waals surface area contributed by atoms with Gasteiger partial charge in [-0.05, 0) is 37.3 Å². The number of hydrogen-bond donors (Lipinski definition) is 0. The lowest BCUT2D eigenvalue weighted by Crippen LogP contribution is -2.19. The third kappa shape index (κ3) is 1.23. The molecule has 92 valence electrons. The molecular formula is C15H15NOS. The second kappa shape index (κ2) is 3.64. The summed E-state index contributed by atoms with van der Waals surface area (Å²) in [4.78, 5) is 12.3. The van der Waals surface area contributed by atoms with Gasteiger partial charge in [-0.3, -0.25) is 4.79 Å². The minimum absolute atomic E-state index is 0.271. The van der Waals surface area contributed by atoms with E-state index in [2.05, 4.69) is 29.7 Å². The molecule has 4 rings (SSSR count). The lowest BCUT2D eigenvalue weighted by molar-refractivity contribution is 0.107. The molecular weight excluding hydrogens is 242 g/mol. The standard InChI is InChI=1S/C15H15NOS/c1-9-5-6-10-3-2-4-11-12-7-8-18-15(17)14(12)16(9)13(10)11/h2-4,9H,5-8H2,1H3. The predicted octanol–water partition coefficient (Wildman–Crippen LogP) is 3.58. The van der Waals surface area contributed by atoms with Crippen LogP contribution in [0.4, 0.5) is 0 Å². The lowest BCUT2D eigenvalue weighted by atomic mass is 9.99. The van der Waals surface area contributed by atoms with Crippen LogP contribution in [-0.2, 0) is 12.8 Å². The maximum atomic E-state index is 12.3. The van der Waals surface area contributed by atoms with E-state index in [4.69, 9.17) is 0 Å². The average Bonchev–Trinajstić information content (AvgIpc) is 2.73. The summed E-state index contributed by atoms with van der Waals surface area (Å²) >= 11 is 1.48. The molecule has 0 N–H and O–H groups in total. The van der Waals surface area contributed by atoms with Crippen molar-refractivity contribution in [2.24, 2.45) is 0 Å². The Morgan fingerprint density at radius 1 is 1.33 bits per heavy atom. The number of rotatable bonds is 0. The van der Waals surface area contributed by atoms with Crippen molar-refractivity contribution >= 4 is 27.8 Å². The number of thioether (sulfide) groups is 1. The second-order valence-corrected chi connectivity index (χ2v) is 6.35. The zero-order chi connectivity index (χ0) is 12.3. The van der Waals surface area contributed by atoms with Crippen LogP contribution in [0.15, 0.2) is 18.2 Å². The molecule has 2 aliphatic rings. The van der Waals surface area contributed by atoms with E-state index in [1.165, 1.54) is 33.8 Å². The van der Waals surface area contributed by atoms with E-state index in [0.29, 0.717) is 6.04 Å². The van der Waals surface area contributed by atoms with Crippen molar-refractivity contribution in [3.05, 3.63) is 35.0 Å². The number of nitrogens with zero attached hydrogens (tertiary/aromatic N) is 1. The summed E-state index contributed by atoms with van der Waals surface area (Å²) in [7, 11) is 0. The molecule has 18 heavy (non-hydrogen) atoms. The van der Waals surface area contributed by atoms with Gasteiger partial charge in [0.1, 0.15) is 5.69 Å². The van der Waals surface area contributed by atoms with E-state index in [1.807, 2.05) is 0 Å². The first-order valence-electron chi connectivity index (χ1n) is 6.59. The maximum Gasteiger partial charge on any atom is 0.236 e. The van der Waals surface area contributed by atoms with Gasteiger partial charge in [-0.1, -0.05) is 30.0 Å². The number of hydrogen-bond acceptors (Lipinski definition) is 2.